The van der Waals surface area contributed by atoms with Gasteiger partial charge in [-0.15, -0.1) is 0 Å². The van der Waals surface area contributed by atoms with Crippen molar-refractivity contribution in [3.63, 3.8) is 0 Å². The molecule has 2 aromatic rings. The van der Waals surface area contributed by atoms with Crippen molar-refractivity contribution in [2.24, 2.45) is 7.05 Å². The summed E-state index contributed by atoms with van der Waals surface area (Å²) in [6, 6.07) is 13.3. The first-order chi connectivity index (χ1) is 9.70. The van der Waals surface area contributed by atoms with E-state index >= 15 is 0 Å². The van der Waals surface area contributed by atoms with Crippen molar-refractivity contribution in [1.29, 1.82) is 0 Å². The molecule has 0 fully saturated rings. The third-order valence-corrected chi connectivity index (χ3v) is 3.63. The van der Waals surface area contributed by atoms with E-state index in [2.05, 4.69) is 53.7 Å². The second-order valence-corrected chi connectivity index (χ2v) is 5.36. The van der Waals surface area contributed by atoms with Crippen molar-refractivity contribution in [1.82, 2.24) is 15.1 Å². The lowest BCUT2D eigenvalue weighted by molar-refractivity contribution is 0.491. The molecule has 0 saturated heterocycles. The molecule has 0 aliphatic heterocycles. The lowest BCUT2D eigenvalue weighted by Gasteiger charge is -2.19. The van der Waals surface area contributed by atoms with Crippen LogP contribution < -0.4 is 5.32 Å². The molecule has 1 aromatic carbocycles. The number of nitrogens with zero attached hydrogens (tertiary/aromatic N) is 2. The van der Waals surface area contributed by atoms with E-state index in [0.29, 0.717) is 6.04 Å². The predicted molar refractivity (Wildman–Crippen MR) is 83.7 cm³/mol. The quantitative estimate of drug-likeness (QED) is 0.836. The van der Waals surface area contributed by atoms with E-state index in [1.165, 1.54) is 11.3 Å². The van der Waals surface area contributed by atoms with Gasteiger partial charge in [0.1, 0.15) is 0 Å². The van der Waals surface area contributed by atoms with Gasteiger partial charge in [-0.1, -0.05) is 37.3 Å². The van der Waals surface area contributed by atoms with Crippen LogP contribution in [0.4, 0.5) is 0 Å². The van der Waals surface area contributed by atoms with Gasteiger partial charge in [-0.3, -0.25) is 4.68 Å². The van der Waals surface area contributed by atoms with Gasteiger partial charge in [-0.25, -0.2) is 0 Å². The van der Waals surface area contributed by atoms with Gasteiger partial charge in [0, 0.05) is 18.8 Å². The molecule has 1 aromatic heterocycles. The molecule has 1 atom stereocenters. The molecule has 1 N–H and O–H groups in total. The third kappa shape index (κ3) is 3.94. The number of hydrogen-bond acceptors (Lipinski definition) is 2. The average Bonchev–Trinajstić information content (AvgIpc) is 2.78. The molecule has 1 unspecified atom stereocenters. The summed E-state index contributed by atoms with van der Waals surface area (Å²) in [5, 5.41) is 8.07. The number of rotatable bonds is 7. The zero-order valence-corrected chi connectivity index (χ0v) is 12.8. The Kier molecular flexibility index (Phi) is 5.36. The highest BCUT2D eigenvalue weighted by molar-refractivity contribution is 5.19. The van der Waals surface area contributed by atoms with Crippen molar-refractivity contribution in [2.75, 3.05) is 6.54 Å². The maximum absolute atomic E-state index is 4.42. The third-order valence-electron chi connectivity index (χ3n) is 3.63. The van der Waals surface area contributed by atoms with Crippen LogP contribution in [0.15, 0.2) is 36.4 Å². The van der Waals surface area contributed by atoms with Gasteiger partial charge in [0.15, 0.2) is 0 Å². The lowest BCUT2D eigenvalue weighted by atomic mass is 10.0. The number of benzene rings is 1. The van der Waals surface area contributed by atoms with Crippen LogP contribution in [0.5, 0.6) is 0 Å². The molecule has 3 nitrogen and oxygen atoms in total. The van der Waals surface area contributed by atoms with Gasteiger partial charge in [0.05, 0.1) is 5.69 Å². The van der Waals surface area contributed by atoms with E-state index in [1.807, 2.05) is 18.7 Å². The van der Waals surface area contributed by atoms with E-state index in [0.717, 1.165) is 31.5 Å². The zero-order chi connectivity index (χ0) is 14.4. The van der Waals surface area contributed by atoms with Crippen molar-refractivity contribution in [3.05, 3.63) is 53.3 Å². The van der Waals surface area contributed by atoms with Crippen LogP contribution >= 0.6 is 0 Å². The van der Waals surface area contributed by atoms with Gasteiger partial charge in [0.2, 0.25) is 0 Å². The highest BCUT2D eigenvalue weighted by Gasteiger charge is 2.11. The average molecular weight is 271 g/mol. The topological polar surface area (TPSA) is 29.9 Å². The number of hydrogen-bond donors (Lipinski definition) is 1. The SMILES string of the molecule is CCCNC(CCc1cc(C)nn1C)c1ccccc1. The van der Waals surface area contributed by atoms with Gasteiger partial charge < -0.3 is 5.32 Å². The highest BCUT2D eigenvalue weighted by Crippen LogP contribution is 2.19. The second kappa shape index (κ2) is 7.25. The normalized spacial score (nSPS) is 12.6. The van der Waals surface area contributed by atoms with E-state index in [4.69, 9.17) is 0 Å². The van der Waals surface area contributed by atoms with Crippen molar-refractivity contribution in [2.45, 2.75) is 39.2 Å². The Balaban J connectivity index is 2.02. The number of aromatic nitrogens is 2. The summed E-state index contributed by atoms with van der Waals surface area (Å²) in [6.45, 7) is 5.32. The number of aryl methyl sites for hydroxylation is 3. The molecule has 0 spiro atoms. The first-order valence-electron chi connectivity index (χ1n) is 7.48. The maximum Gasteiger partial charge on any atom is 0.0596 e. The molecule has 0 aliphatic rings. The molecule has 20 heavy (non-hydrogen) atoms. The van der Waals surface area contributed by atoms with Gasteiger partial charge in [0.25, 0.3) is 0 Å². The molecule has 0 amide bonds. The Morgan fingerprint density at radius 3 is 2.60 bits per heavy atom. The fourth-order valence-corrected chi connectivity index (χ4v) is 2.58. The molecule has 108 valence electrons. The van der Waals surface area contributed by atoms with Crippen molar-refractivity contribution in [3.8, 4) is 0 Å². The van der Waals surface area contributed by atoms with Gasteiger partial charge >= 0.3 is 0 Å². The van der Waals surface area contributed by atoms with Gasteiger partial charge in [-0.05, 0) is 44.4 Å². The summed E-state index contributed by atoms with van der Waals surface area (Å²) in [7, 11) is 2.03. The molecule has 3 heteroatoms. The molecule has 0 bridgehead atoms. The van der Waals surface area contributed by atoms with Crippen molar-refractivity contribution >= 4 is 0 Å². The minimum absolute atomic E-state index is 0.423. The summed E-state index contributed by atoms with van der Waals surface area (Å²) in [5.41, 5.74) is 3.78. The van der Waals surface area contributed by atoms with Crippen LogP contribution in [0.2, 0.25) is 0 Å². The van der Waals surface area contributed by atoms with Crippen LogP contribution in [0, 0.1) is 6.92 Å². The smallest absolute Gasteiger partial charge is 0.0596 e. The number of nitrogens with one attached hydrogen (secondary N) is 1. The second-order valence-electron chi connectivity index (χ2n) is 5.36. The monoisotopic (exact) mass is 271 g/mol. The van der Waals surface area contributed by atoms with Crippen LogP contribution in [0.1, 0.15) is 42.8 Å². The zero-order valence-electron chi connectivity index (χ0n) is 12.8. The molecule has 1 heterocycles. The summed E-state index contributed by atoms with van der Waals surface area (Å²) >= 11 is 0. The summed E-state index contributed by atoms with van der Waals surface area (Å²) in [6.07, 6.45) is 3.31. The molecular formula is C17H25N3. The largest absolute Gasteiger partial charge is 0.310 e. The predicted octanol–water partition coefficient (Wildman–Crippen LogP) is 3.40. The summed E-state index contributed by atoms with van der Waals surface area (Å²) in [4.78, 5) is 0. The Morgan fingerprint density at radius 1 is 1.25 bits per heavy atom. The summed E-state index contributed by atoms with van der Waals surface area (Å²) in [5.74, 6) is 0. The standard InChI is InChI=1S/C17H25N3/c1-4-12-18-17(15-8-6-5-7-9-15)11-10-16-13-14(2)19-20(16)3/h5-9,13,17-18H,4,10-12H2,1-3H3. The fraction of sp³-hybridized carbons (Fsp3) is 0.471. The summed E-state index contributed by atoms with van der Waals surface area (Å²) < 4.78 is 2.00. The van der Waals surface area contributed by atoms with E-state index in [1.54, 1.807) is 0 Å². The molecule has 0 aliphatic carbocycles. The minimum Gasteiger partial charge on any atom is -0.310 e. The van der Waals surface area contributed by atoms with E-state index in [-0.39, 0.29) is 0 Å². The first kappa shape index (κ1) is 14.8. The molecular weight excluding hydrogens is 246 g/mol. The van der Waals surface area contributed by atoms with Crippen LogP contribution in [0.25, 0.3) is 0 Å². The highest BCUT2D eigenvalue weighted by atomic mass is 15.3. The Hall–Kier alpha value is -1.61. The van der Waals surface area contributed by atoms with Gasteiger partial charge in [-0.2, -0.15) is 5.10 Å². The maximum atomic E-state index is 4.42. The molecule has 0 saturated carbocycles. The van der Waals surface area contributed by atoms with Crippen LogP contribution in [0.3, 0.4) is 0 Å². The Labute approximate surface area is 122 Å². The fourth-order valence-electron chi connectivity index (χ4n) is 2.58. The Bertz CT molecular complexity index is 516. The minimum atomic E-state index is 0.423. The van der Waals surface area contributed by atoms with E-state index < -0.39 is 0 Å². The molecule has 2 rings (SSSR count). The van der Waals surface area contributed by atoms with Crippen LogP contribution in [-0.2, 0) is 13.5 Å². The molecule has 0 radical (unpaired) electrons. The van der Waals surface area contributed by atoms with Crippen LogP contribution in [-0.4, -0.2) is 16.3 Å². The first-order valence-corrected chi connectivity index (χ1v) is 7.48. The van der Waals surface area contributed by atoms with Crippen molar-refractivity contribution < 1.29 is 0 Å². The Morgan fingerprint density at radius 2 is 2.00 bits per heavy atom. The van der Waals surface area contributed by atoms with E-state index in [9.17, 15) is 0 Å². The lowest BCUT2D eigenvalue weighted by Crippen LogP contribution is -2.23.